The Morgan fingerprint density at radius 1 is 1.11 bits per heavy atom. The van der Waals surface area contributed by atoms with Crippen LogP contribution in [0, 0.1) is 5.92 Å². The molecule has 2 atom stereocenters. The molecular formula is C15H29N3. The minimum Gasteiger partial charge on any atom is -0.329 e. The van der Waals surface area contributed by atoms with E-state index in [0.717, 1.165) is 18.5 Å². The van der Waals surface area contributed by atoms with Crippen molar-refractivity contribution in [3.63, 3.8) is 0 Å². The summed E-state index contributed by atoms with van der Waals surface area (Å²) in [5.74, 6) is 0.919. The number of fused-ring (bicyclic) bond motifs is 1. The second-order valence-corrected chi connectivity index (χ2v) is 6.88. The van der Waals surface area contributed by atoms with Crippen LogP contribution >= 0.6 is 0 Å². The Morgan fingerprint density at radius 2 is 1.89 bits per heavy atom. The lowest BCUT2D eigenvalue weighted by molar-refractivity contribution is -0.00768. The molecule has 3 saturated heterocycles. The van der Waals surface area contributed by atoms with Crippen LogP contribution in [0.1, 0.15) is 45.4 Å². The minimum atomic E-state index is 0.339. The predicted octanol–water partition coefficient (Wildman–Crippen LogP) is 1.67. The Bertz CT molecular complexity index is 285. The van der Waals surface area contributed by atoms with Crippen LogP contribution < -0.4 is 5.73 Å². The van der Waals surface area contributed by atoms with Gasteiger partial charge in [0.2, 0.25) is 0 Å². The molecule has 104 valence electrons. The molecule has 18 heavy (non-hydrogen) atoms. The number of hydrogen-bond donors (Lipinski definition) is 1. The lowest BCUT2D eigenvalue weighted by atomic mass is 9.80. The molecule has 0 aromatic carbocycles. The molecule has 0 amide bonds. The maximum Gasteiger partial charge on any atom is 0.0358 e. The Balaban J connectivity index is 1.70. The van der Waals surface area contributed by atoms with Crippen molar-refractivity contribution in [1.29, 1.82) is 0 Å². The highest BCUT2D eigenvalue weighted by atomic mass is 15.3. The quantitative estimate of drug-likeness (QED) is 0.810. The first-order chi connectivity index (χ1) is 8.73. The van der Waals surface area contributed by atoms with E-state index < -0.39 is 0 Å². The first kappa shape index (κ1) is 12.9. The molecular weight excluding hydrogens is 222 g/mol. The molecule has 0 aromatic heterocycles. The first-order valence-corrected chi connectivity index (χ1v) is 7.93. The average molecular weight is 251 g/mol. The van der Waals surface area contributed by atoms with Gasteiger partial charge in [-0.1, -0.05) is 6.92 Å². The fourth-order valence-corrected chi connectivity index (χ4v) is 4.40. The number of piperidine rings is 2. The molecule has 3 fully saturated rings. The molecule has 0 radical (unpaired) electrons. The van der Waals surface area contributed by atoms with E-state index in [1.165, 1.54) is 64.7 Å². The van der Waals surface area contributed by atoms with E-state index in [0.29, 0.717) is 5.54 Å². The molecule has 2 unspecified atom stereocenters. The van der Waals surface area contributed by atoms with Gasteiger partial charge in [0.05, 0.1) is 0 Å². The van der Waals surface area contributed by atoms with Crippen molar-refractivity contribution in [2.45, 2.75) is 57.0 Å². The standard InChI is InChI=1S/C15H29N3/c1-13-4-8-18(9-5-13)15(12-16)6-10-17-7-2-3-14(17)11-15/h13-14H,2-12,16H2,1H3. The molecule has 3 aliphatic rings. The van der Waals surface area contributed by atoms with Crippen molar-refractivity contribution in [2.75, 3.05) is 32.7 Å². The molecule has 0 aromatic rings. The summed E-state index contributed by atoms with van der Waals surface area (Å²) in [6.07, 6.45) is 8.19. The Labute approximate surface area is 112 Å². The van der Waals surface area contributed by atoms with E-state index in [4.69, 9.17) is 5.73 Å². The maximum atomic E-state index is 6.23. The number of likely N-dealkylation sites (tertiary alicyclic amines) is 1. The molecule has 3 heterocycles. The van der Waals surface area contributed by atoms with Gasteiger partial charge in [-0.15, -0.1) is 0 Å². The largest absolute Gasteiger partial charge is 0.329 e. The van der Waals surface area contributed by atoms with E-state index in [1.807, 2.05) is 0 Å². The van der Waals surface area contributed by atoms with Gasteiger partial charge in [-0.25, -0.2) is 0 Å². The fourth-order valence-electron chi connectivity index (χ4n) is 4.40. The van der Waals surface area contributed by atoms with E-state index in [9.17, 15) is 0 Å². The second-order valence-electron chi connectivity index (χ2n) is 6.88. The molecule has 0 spiro atoms. The van der Waals surface area contributed by atoms with E-state index in [1.54, 1.807) is 0 Å². The van der Waals surface area contributed by atoms with Gasteiger partial charge < -0.3 is 10.6 Å². The van der Waals surface area contributed by atoms with Crippen molar-refractivity contribution in [3.05, 3.63) is 0 Å². The lowest BCUT2D eigenvalue weighted by Crippen LogP contribution is -2.62. The van der Waals surface area contributed by atoms with Gasteiger partial charge >= 0.3 is 0 Å². The van der Waals surface area contributed by atoms with Gasteiger partial charge in [-0.2, -0.15) is 0 Å². The van der Waals surface area contributed by atoms with Crippen LogP contribution in [0.15, 0.2) is 0 Å². The summed E-state index contributed by atoms with van der Waals surface area (Å²) in [6.45, 7) is 8.45. The smallest absolute Gasteiger partial charge is 0.0358 e. The summed E-state index contributed by atoms with van der Waals surface area (Å²) in [5.41, 5.74) is 6.57. The summed E-state index contributed by atoms with van der Waals surface area (Å²) < 4.78 is 0. The highest BCUT2D eigenvalue weighted by molar-refractivity contribution is 5.02. The molecule has 0 saturated carbocycles. The van der Waals surface area contributed by atoms with Crippen LogP contribution in [-0.4, -0.2) is 54.1 Å². The van der Waals surface area contributed by atoms with Crippen LogP contribution in [0.5, 0.6) is 0 Å². The highest BCUT2D eigenvalue weighted by Crippen LogP contribution is 2.38. The Morgan fingerprint density at radius 3 is 2.61 bits per heavy atom. The summed E-state index contributed by atoms with van der Waals surface area (Å²) in [4.78, 5) is 5.46. The molecule has 0 aliphatic carbocycles. The van der Waals surface area contributed by atoms with Crippen molar-refractivity contribution in [2.24, 2.45) is 11.7 Å². The second kappa shape index (κ2) is 5.10. The number of rotatable bonds is 2. The van der Waals surface area contributed by atoms with Gasteiger partial charge in [0, 0.05) is 24.7 Å². The summed E-state index contributed by atoms with van der Waals surface area (Å²) >= 11 is 0. The van der Waals surface area contributed by atoms with Crippen molar-refractivity contribution in [1.82, 2.24) is 9.80 Å². The summed E-state index contributed by atoms with van der Waals surface area (Å²) in [5, 5.41) is 0. The molecule has 3 heteroatoms. The van der Waals surface area contributed by atoms with Crippen molar-refractivity contribution < 1.29 is 0 Å². The van der Waals surface area contributed by atoms with Crippen molar-refractivity contribution >= 4 is 0 Å². The monoisotopic (exact) mass is 251 g/mol. The van der Waals surface area contributed by atoms with Crippen LogP contribution in [0.2, 0.25) is 0 Å². The summed E-state index contributed by atoms with van der Waals surface area (Å²) in [6, 6.07) is 0.835. The normalized spacial score (nSPS) is 40.0. The number of hydrogen-bond acceptors (Lipinski definition) is 3. The zero-order valence-corrected chi connectivity index (χ0v) is 11.9. The van der Waals surface area contributed by atoms with Crippen LogP contribution in [0.4, 0.5) is 0 Å². The van der Waals surface area contributed by atoms with Gasteiger partial charge in [-0.3, -0.25) is 4.90 Å². The number of nitrogens with two attached hydrogens (primary N) is 1. The van der Waals surface area contributed by atoms with Gasteiger partial charge in [0.25, 0.3) is 0 Å². The predicted molar refractivity (Wildman–Crippen MR) is 75.6 cm³/mol. The van der Waals surface area contributed by atoms with Crippen LogP contribution in [-0.2, 0) is 0 Å². The zero-order chi connectivity index (χ0) is 12.6. The maximum absolute atomic E-state index is 6.23. The Kier molecular flexibility index (Phi) is 3.65. The third-order valence-electron chi connectivity index (χ3n) is 5.81. The first-order valence-electron chi connectivity index (χ1n) is 7.93. The topological polar surface area (TPSA) is 32.5 Å². The zero-order valence-electron chi connectivity index (χ0n) is 11.9. The molecule has 3 rings (SSSR count). The minimum absolute atomic E-state index is 0.339. The van der Waals surface area contributed by atoms with Gasteiger partial charge in [0.1, 0.15) is 0 Å². The Hall–Kier alpha value is -0.120. The SMILES string of the molecule is CC1CCN(C2(CN)CCN3CCCC3C2)CC1. The van der Waals surface area contributed by atoms with Gasteiger partial charge in [-0.05, 0) is 64.1 Å². The van der Waals surface area contributed by atoms with E-state index in [-0.39, 0.29) is 0 Å². The van der Waals surface area contributed by atoms with Crippen molar-refractivity contribution in [3.8, 4) is 0 Å². The third-order valence-corrected chi connectivity index (χ3v) is 5.81. The fraction of sp³-hybridized carbons (Fsp3) is 1.00. The van der Waals surface area contributed by atoms with Gasteiger partial charge in [0.15, 0.2) is 0 Å². The average Bonchev–Trinajstić information content (AvgIpc) is 2.86. The summed E-state index contributed by atoms with van der Waals surface area (Å²) in [7, 11) is 0. The number of nitrogens with zero attached hydrogens (tertiary/aromatic N) is 2. The van der Waals surface area contributed by atoms with Crippen LogP contribution in [0.25, 0.3) is 0 Å². The molecule has 3 aliphatic heterocycles. The van der Waals surface area contributed by atoms with E-state index in [2.05, 4.69) is 16.7 Å². The third kappa shape index (κ3) is 2.21. The van der Waals surface area contributed by atoms with E-state index >= 15 is 0 Å². The van der Waals surface area contributed by atoms with Crippen LogP contribution in [0.3, 0.4) is 0 Å². The molecule has 3 nitrogen and oxygen atoms in total. The highest BCUT2D eigenvalue weighted by Gasteiger charge is 2.44. The molecule has 2 N–H and O–H groups in total. The molecule has 0 bridgehead atoms. The lowest BCUT2D eigenvalue weighted by Gasteiger charge is -2.52.